The molecule has 0 aliphatic rings. The molecule has 0 amide bonds. The van der Waals surface area contributed by atoms with Crippen molar-refractivity contribution in [2.45, 2.75) is 0 Å². The Morgan fingerprint density at radius 1 is 1.56 bits per heavy atom. The van der Waals surface area contributed by atoms with Gasteiger partial charge in [0.1, 0.15) is 12.4 Å². The van der Waals surface area contributed by atoms with E-state index in [-0.39, 0.29) is 5.11 Å². The smallest absolute Gasteiger partial charge is 0.184 e. The van der Waals surface area contributed by atoms with Gasteiger partial charge in [0.15, 0.2) is 5.11 Å². The standard InChI is InChI=1S/C11H13N3OS/c1-2-7-15-10-6-4-3-5-9(10)8-13-14-11(12)16/h2-6,8H,1,7H2,(H3,12,14,16)/b13-8+. The first-order valence-electron chi connectivity index (χ1n) is 4.65. The summed E-state index contributed by atoms with van der Waals surface area (Å²) < 4.78 is 5.44. The fraction of sp³-hybridized carbons (Fsp3) is 0.0909. The van der Waals surface area contributed by atoms with Crippen LogP contribution in [0.3, 0.4) is 0 Å². The third-order valence-corrected chi connectivity index (χ3v) is 1.75. The maximum atomic E-state index is 5.44. The third kappa shape index (κ3) is 4.10. The molecule has 0 unspecified atom stereocenters. The van der Waals surface area contributed by atoms with E-state index >= 15 is 0 Å². The molecule has 0 spiro atoms. The predicted molar refractivity (Wildman–Crippen MR) is 69.6 cm³/mol. The van der Waals surface area contributed by atoms with Crippen LogP contribution in [0.25, 0.3) is 0 Å². The molecule has 1 rings (SSSR count). The molecule has 1 aromatic rings. The van der Waals surface area contributed by atoms with Crippen LogP contribution >= 0.6 is 12.2 Å². The van der Waals surface area contributed by atoms with Gasteiger partial charge < -0.3 is 10.5 Å². The van der Waals surface area contributed by atoms with Gasteiger partial charge in [0, 0.05) is 5.56 Å². The first kappa shape index (κ1) is 12.2. The number of hydrogen-bond donors (Lipinski definition) is 2. The molecule has 5 heteroatoms. The van der Waals surface area contributed by atoms with E-state index in [0.717, 1.165) is 11.3 Å². The summed E-state index contributed by atoms with van der Waals surface area (Å²) in [5, 5.41) is 3.99. The Kier molecular flexibility index (Phi) is 5.01. The number of nitrogens with two attached hydrogens (primary N) is 1. The molecule has 0 heterocycles. The zero-order valence-corrected chi connectivity index (χ0v) is 9.54. The fourth-order valence-corrected chi connectivity index (χ4v) is 1.09. The third-order valence-electron chi connectivity index (χ3n) is 1.65. The highest BCUT2D eigenvalue weighted by atomic mass is 32.1. The Labute approximate surface area is 99.8 Å². The first-order valence-corrected chi connectivity index (χ1v) is 5.06. The highest BCUT2D eigenvalue weighted by molar-refractivity contribution is 7.80. The molecule has 0 bridgehead atoms. The van der Waals surface area contributed by atoms with Crippen LogP contribution in [0, 0.1) is 0 Å². The number of rotatable bonds is 5. The van der Waals surface area contributed by atoms with Crippen molar-refractivity contribution in [1.82, 2.24) is 5.43 Å². The van der Waals surface area contributed by atoms with Gasteiger partial charge in [0.05, 0.1) is 6.21 Å². The van der Waals surface area contributed by atoms with Crippen molar-refractivity contribution in [1.29, 1.82) is 0 Å². The van der Waals surface area contributed by atoms with E-state index < -0.39 is 0 Å². The lowest BCUT2D eigenvalue weighted by molar-refractivity contribution is 0.362. The van der Waals surface area contributed by atoms with E-state index in [9.17, 15) is 0 Å². The molecule has 0 saturated heterocycles. The SMILES string of the molecule is C=CCOc1ccccc1/C=N/NC(N)=S. The van der Waals surface area contributed by atoms with Crippen LogP contribution < -0.4 is 15.9 Å². The van der Waals surface area contributed by atoms with Gasteiger partial charge in [0.2, 0.25) is 0 Å². The number of nitrogens with zero attached hydrogens (tertiary/aromatic N) is 1. The number of hydrogen-bond acceptors (Lipinski definition) is 3. The van der Waals surface area contributed by atoms with Crippen molar-refractivity contribution in [2.24, 2.45) is 10.8 Å². The largest absolute Gasteiger partial charge is 0.489 e. The summed E-state index contributed by atoms with van der Waals surface area (Å²) in [6.07, 6.45) is 3.28. The average molecular weight is 235 g/mol. The second-order valence-electron chi connectivity index (χ2n) is 2.87. The van der Waals surface area contributed by atoms with E-state index in [0.29, 0.717) is 6.61 Å². The van der Waals surface area contributed by atoms with Crippen LogP contribution in [-0.2, 0) is 0 Å². The van der Waals surface area contributed by atoms with E-state index in [1.165, 1.54) is 0 Å². The van der Waals surface area contributed by atoms with Crippen molar-refractivity contribution >= 4 is 23.5 Å². The van der Waals surface area contributed by atoms with E-state index in [2.05, 4.69) is 29.3 Å². The lowest BCUT2D eigenvalue weighted by Gasteiger charge is -2.05. The van der Waals surface area contributed by atoms with Gasteiger partial charge >= 0.3 is 0 Å². The number of thiocarbonyl (C=S) groups is 1. The van der Waals surface area contributed by atoms with Crippen LogP contribution in [0.2, 0.25) is 0 Å². The van der Waals surface area contributed by atoms with E-state index in [1.54, 1.807) is 12.3 Å². The van der Waals surface area contributed by atoms with Gasteiger partial charge in [0.25, 0.3) is 0 Å². The topological polar surface area (TPSA) is 59.6 Å². The number of nitrogens with one attached hydrogen (secondary N) is 1. The van der Waals surface area contributed by atoms with Crippen molar-refractivity contribution in [3.63, 3.8) is 0 Å². The molecule has 0 saturated carbocycles. The molecule has 3 N–H and O–H groups in total. The summed E-state index contributed by atoms with van der Waals surface area (Å²) in [5.41, 5.74) is 8.56. The number of ether oxygens (including phenoxy) is 1. The van der Waals surface area contributed by atoms with Crippen molar-refractivity contribution in [3.05, 3.63) is 42.5 Å². The fourth-order valence-electron chi connectivity index (χ4n) is 1.03. The summed E-state index contributed by atoms with van der Waals surface area (Å²) in [5.74, 6) is 0.732. The number of para-hydroxylation sites is 1. The monoisotopic (exact) mass is 235 g/mol. The minimum Gasteiger partial charge on any atom is -0.489 e. The van der Waals surface area contributed by atoms with Gasteiger partial charge in [-0.05, 0) is 24.4 Å². The highest BCUT2D eigenvalue weighted by Crippen LogP contribution is 2.15. The summed E-state index contributed by atoms with van der Waals surface area (Å²) >= 11 is 4.62. The van der Waals surface area contributed by atoms with Crippen LogP contribution in [0.1, 0.15) is 5.56 Å². The van der Waals surface area contributed by atoms with Gasteiger partial charge in [-0.25, -0.2) is 0 Å². The maximum absolute atomic E-state index is 5.44. The Balaban J connectivity index is 2.73. The van der Waals surface area contributed by atoms with Crippen LogP contribution in [0.15, 0.2) is 42.0 Å². The van der Waals surface area contributed by atoms with Crippen molar-refractivity contribution in [2.75, 3.05) is 6.61 Å². The van der Waals surface area contributed by atoms with Gasteiger partial charge in [-0.3, -0.25) is 5.43 Å². The molecule has 0 atom stereocenters. The molecular formula is C11H13N3OS. The zero-order chi connectivity index (χ0) is 11.8. The summed E-state index contributed by atoms with van der Waals surface area (Å²) in [4.78, 5) is 0. The molecule has 16 heavy (non-hydrogen) atoms. The average Bonchev–Trinajstić information content (AvgIpc) is 2.27. The number of benzene rings is 1. The molecule has 1 aromatic carbocycles. The lowest BCUT2D eigenvalue weighted by Crippen LogP contribution is -2.24. The maximum Gasteiger partial charge on any atom is 0.184 e. The lowest BCUT2D eigenvalue weighted by atomic mass is 10.2. The van der Waals surface area contributed by atoms with E-state index in [4.69, 9.17) is 10.5 Å². The summed E-state index contributed by atoms with van der Waals surface area (Å²) in [6.45, 7) is 4.04. The second-order valence-corrected chi connectivity index (χ2v) is 3.31. The molecule has 0 aromatic heterocycles. The normalized spacial score (nSPS) is 10.0. The Morgan fingerprint density at radius 2 is 2.31 bits per heavy atom. The summed E-state index contributed by atoms with van der Waals surface area (Å²) in [7, 11) is 0. The van der Waals surface area contributed by atoms with Crippen LogP contribution in [0.5, 0.6) is 5.75 Å². The Bertz CT molecular complexity index is 404. The van der Waals surface area contributed by atoms with Gasteiger partial charge in [-0.1, -0.05) is 24.8 Å². The highest BCUT2D eigenvalue weighted by Gasteiger charge is 1.98. The molecule has 0 aliphatic heterocycles. The molecule has 0 radical (unpaired) electrons. The van der Waals surface area contributed by atoms with Crippen LogP contribution in [-0.4, -0.2) is 17.9 Å². The minimum atomic E-state index is 0.126. The van der Waals surface area contributed by atoms with Gasteiger partial charge in [-0.15, -0.1) is 0 Å². The molecule has 84 valence electrons. The Hall–Kier alpha value is -1.88. The first-order chi connectivity index (χ1) is 7.74. The molecule has 4 nitrogen and oxygen atoms in total. The zero-order valence-electron chi connectivity index (χ0n) is 8.72. The quantitative estimate of drug-likeness (QED) is 0.351. The second kappa shape index (κ2) is 6.58. The molecule has 0 fully saturated rings. The predicted octanol–water partition coefficient (Wildman–Crippen LogP) is 1.42. The van der Waals surface area contributed by atoms with Crippen molar-refractivity contribution < 1.29 is 4.74 Å². The van der Waals surface area contributed by atoms with E-state index in [1.807, 2.05) is 24.3 Å². The van der Waals surface area contributed by atoms with Crippen LogP contribution in [0.4, 0.5) is 0 Å². The summed E-state index contributed by atoms with van der Waals surface area (Å²) in [6, 6.07) is 7.51. The number of hydrazone groups is 1. The molecule has 0 aliphatic carbocycles. The van der Waals surface area contributed by atoms with Crippen molar-refractivity contribution in [3.8, 4) is 5.75 Å². The Morgan fingerprint density at radius 3 is 3.00 bits per heavy atom. The van der Waals surface area contributed by atoms with Gasteiger partial charge in [-0.2, -0.15) is 5.10 Å². The minimum absolute atomic E-state index is 0.126. The molecular weight excluding hydrogens is 222 g/mol.